The van der Waals surface area contributed by atoms with Gasteiger partial charge in [-0.05, 0) is 12.1 Å². The fraction of sp³-hybridized carbons (Fsp3) is 0.273. The molecule has 1 heterocycles. The van der Waals surface area contributed by atoms with Crippen LogP contribution in [0.15, 0.2) is 24.3 Å². The third-order valence-corrected chi connectivity index (χ3v) is 2.47. The predicted molar refractivity (Wildman–Crippen MR) is 57.0 cm³/mol. The molecule has 0 spiro atoms. The molecule has 0 aromatic heterocycles. The number of benzene rings is 1. The number of hydrogen-bond acceptors (Lipinski definition) is 4. The van der Waals surface area contributed by atoms with E-state index in [0.717, 1.165) is 0 Å². The average molecular weight is 237 g/mol. The number of carbonyl (C=O) groups is 2. The lowest BCUT2D eigenvalue weighted by atomic mass is 10.1. The molecule has 1 unspecified atom stereocenters. The van der Waals surface area contributed by atoms with Crippen LogP contribution in [0.5, 0.6) is 5.75 Å². The molecule has 1 aromatic rings. The molecule has 1 atom stereocenters. The number of carbonyl (C=O) groups excluding carboxylic acids is 1. The van der Waals surface area contributed by atoms with Crippen molar-refractivity contribution in [2.75, 3.05) is 5.06 Å². The number of carboxylic acids is 1. The maximum atomic E-state index is 11.7. The maximum Gasteiger partial charge on any atom is 0.303 e. The molecule has 90 valence electrons. The van der Waals surface area contributed by atoms with Gasteiger partial charge in [0.2, 0.25) is 0 Å². The highest BCUT2D eigenvalue weighted by Gasteiger charge is 2.33. The van der Waals surface area contributed by atoms with E-state index in [4.69, 9.17) is 9.84 Å². The van der Waals surface area contributed by atoms with Crippen molar-refractivity contribution < 1.29 is 24.6 Å². The van der Waals surface area contributed by atoms with Gasteiger partial charge < -0.3 is 9.84 Å². The highest BCUT2D eigenvalue weighted by molar-refractivity contribution is 5.98. The molecule has 1 aliphatic rings. The van der Waals surface area contributed by atoms with Gasteiger partial charge in [-0.25, -0.2) is 0 Å². The first-order valence-corrected chi connectivity index (χ1v) is 5.10. The minimum atomic E-state index is -1.01. The van der Waals surface area contributed by atoms with Crippen molar-refractivity contribution in [2.24, 2.45) is 0 Å². The summed E-state index contributed by atoms with van der Waals surface area (Å²) in [6.45, 7) is 0. The Hall–Kier alpha value is -2.08. The van der Waals surface area contributed by atoms with E-state index in [9.17, 15) is 14.8 Å². The fourth-order valence-electron chi connectivity index (χ4n) is 1.63. The second-order valence-electron chi connectivity index (χ2n) is 3.66. The Morgan fingerprint density at radius 3 is 2.82 bits per heavy atom. The Kier molecular flexibility index (Phi) is 2.97. The first-order chi connectivity index (χ1) is 8.09. The zero-order chi connectivity index (χ0) is 12.4. The van der Waals surface area contributed by atoms with Crippen LogP contribution >= 0.6 is 0 Å². The molecule has 17 heavy (non-hydrogen) atoms. The smallest absolute Gasteiger partial charge is 0.303 e. The van der Waals surface area contributed by atoms with E-state index in [2.05, 4.69) is 0 Å². The van der Waals surface area contributed by atoms with Crippen LogP contribution in [0.25, 0.3) is 0 Å². The third kappa shape index (κ3) is 2.21. The number of para-hydroxylation sites is 2. The second-order valence-corrected chi connectivity index (χ2v) is 3.66. The number of fused-ring (bicyclic) bond motifs is 1. The first kappa shape index (κ1) is 11.4. The number of hydroxylamine groups is 1. The topological polar surface area (TPSA) is 87.1 Å². The molecule has 0 radical (unpaired) electrons. The van der Waals surface area contributed by atoms with Gasteiger partial charge in [-0.15, -0.1) is 0 Å². The third-order valence-electron chi connectivity index (χ3n) is 2.47. The normalized spacial score (nSPS) is 18.5. The van der Waals surface area contributed by atoms with Crippen LogP contribution in [0, 0.1) is 0 Å². The van der Waals surface area contributed by atoms with Gasteiger partial charge in [-0.2, -0.15) is 5.06 Å². The van der Waals surface area contributed by atoms with Crippen molar-refractivity contribution in [2.45, 2.75) is 18.9 Å². The van der Waals surface area contributed by atoms with Gasteiger partial charge in [0, 0.05) is 12.8 Å². The molecule has 0 bridgehead atoms. The van der Waals surface area contributed by atoms with Crippen molar-refractivity contribution in [1.82, 2.24) is 0 Å². The van der Waals surface area contributed by atoms with Crippen LogP contribution in [-0.4, -0.2) is 28.3 Å². The number of rotatable bonds is 3. The van der Waals surface area contributed by atoms with Crippen molar-refractivity contribution in [1.29, 1.82) is 0 Å². The van der Waals surface area contributed by atoms with Crippen LogP contribution in [0.2, 0.25) is 0 Å². The monoisotopic (exact) mass is 237 g/mol. The van der Waals surface area contributed by atoms with E-state index in [1.54, 1.807) is 24.3 Å². The molecule has 0 aliphatic carbocycles. The summed E-state index contributed by atoms with van der Waals surface area (Å²) in [5.41, 5.74) is 0.268. The molecule has 2 N–H and O–H groups in total. The summed E-state index contributed by atoms with van der Waals surface area (Å²) in [6.07, 6.45) is -1.11. The van der Waals surface area contributed by atoms with Crippen LogP contribution in [0.1, 0.15) is 12.8 Å². The van der Waals surface area contributed by atoms with Gasteiger partial charge >= 0.3 is 5.97 Å². The van der Waals surface area contributed by atoms with Crippen molar-refractivity contribution in [3.05, 3.63) is 24.3 Å². The zero-order valence-corrected chi connectivity index (χ0v) is 8.87. The summed E-state index contributed by atoms with van der Waals surface area (Å²) in [5.74, 6) is -1.29. The number of aliphatic carboxylic acids is 1. The Labute approximate surface area is 97.0 Å². The highest BCUT2D eigenvalue weighted by Crippen LogP contribution is 2.33. The Morgan fingerprint density at radius 2 is 2.12 bits per heavy atom. The molecule has 1 amide bonds. The zero-order valence-electron chi connectivity index (χ0n) is 8.87. The molecule has 6 heteroatoms. The lowest BCUT2D eigenvalue weighted by Crippen LogP contribution is -2.44. The Morgan fingerprint density at radius 1 is 1.41 bits per heavy atom. The predicted octanol–water partition coefficient (Wildman–Crippen LogP) is 1.03. The molecule has 6 nitrogen and oxygen atoms in total. The molecule has 0 fully saturated rings. The average Bonchev–Trinajstić information content (AvgIpc) is 2.32. The van der Waals surface area contributed by atoms with Gasteiger partial charge in [0.15, 0.2) is 6.10 Å². The van der Waals surface area contributed by atoms with E-state index in [1.807, 2.05) is 0 Å². The molecule has 1 aromatic carbocycles. The quantitative estimate of drug-likeness (QED) is 0.767. The number of amides is 1. The molecule has 2 rings (SSSR count). The van der Waals surface area contributed by atoms with Gasteiger partial charge in [-0.3, -0.25) is 14.8 Å². The van der Waals surface area contributed by atoms with E-state index < -0.39 is 18.0 Å². The van der Waals surface area contributed by atoms with Crippen molar-refractivity contribution >= 4 is 17.6 Å². The minimum absolute atomic E-state index is 0.0273. The molecule has 0 saturated carbocycles. The van der Waals surface area contributed by atoms with E-state index in [0.29, 0.717) is 10.8 Å². The van der Waals surface area contributed by atoms with E-state index in [-0.39, 0.29) is 18.5 Å². The van der Waals surface area contributed by atoms with Gasteiger partial charge in [0.25, 0.3) is 5.91 Å². The number of nitrogens with zero attached hydrogens (tertiary/aromatic N) is 1. The summed E-state index contributed by atoms with van der Waals surface area (Å²) in [6, 6.07) is 6.52. The van der Waals surface area contributed by atoms with Crippen molar-refractivity contribution in [3.63, 3.8) is 0 Å². The Bertz CT molecular complexity index is 459. The number of ether oxygens (including phenoxy) is 1. The lowest BCUT2D eigenvalue weighted by Gasteiger charge is -2.29. The fourth-order valence-corrected chi connectivity index (χ4v) is 1.63. The highest BCUT2D eigenvalue weighted by atomic mass is 16.6. The van der Waals surface area contributed by atoms with E-state index >= 15 is 0 Å². The first-order valence-electron chi connectivity index (χ1n) is 5.10. The summed E-state index contributed by atoms with van der Waals surface area (Å²) in [4.78, 5) is 22.1. The van der Waals surface area contributed by atoms with Gasteiger partial charge in [0.1, 0.15) is 11.4 Å². The molecule has 1 aliphatic heterocycles. The van der Waals surface area contributed by atoms with Crippen LogP contribution < -0.4 is 9.80 Å². The van der Waals surface area contributed by atoms with Crippen LogP contribution in [0.3, 0.4) is 0 Å². The number of carboxylic acid groups (broad SMARTS) is 1. The standard InChI is InChI=1S/C11H11NO5/c13-10(14)6-5-9-11(15)12(16)7-3-1-2-4-8(7)17-9/h1-4,9,16H,5-6H2,(H,13,14). The summed E-state index contributed by atoms with van der Waals surface area (Å²) < 4.78 is 5.35. The van der Waals surface area contributed by atoms with Gasteiger partial charge in [0.05, 0.1) is 0 Å². The molecular weight excluding hydrogens is 226 g/mol. The largest absolute Gasteiger partial charge is 0.481 e. The molecular formula is C11H11NO5. The SMILES string of the molecule is O=C(O)CCC1Oc2ccccc2N(O)C1=O. The van der Waals surface area contributed by atoms with E-state index in [1.165, 1.54) is 0 Å². The Balaban J connectivity index is 2.19. The second kappa shape index (κ2) is 4.42. The van der Waals surface area contributed by atoms with Crippen LogP contribution in [-0.2, 0) is 9.59 Å². The summed E-state index contributed by atoms with van der Waals surface area (Å²) in [5, 5.41) is 18.7. The maximum absolute atomic E-state index is 11.7. The van der Waals surface area contributed by atoms with Crippen LogP contribution in [0.4, 0.5) is 5.69 Å². The summed E-state index contributed by atoms with van der Waals surface area (Å²) >= 11 is 0. The number of anilines is 1. The van der Waals surface area contributed by atoms with Gasteiger partial charge in [-0.1, -0.05) is 12.1 Å². The lowest BCUT2D eigenvalue weighted by molar-refractivity contribution is -0.138. The number of hydrogen-bond donors (Lipinski definition) is 2. The molecule has 0 saturated heterocycles. The minimum Gasteiger partial charge on any atom is -0.481 e. The van der Waals surface area contributed by atoms with Crippen molar-refractivity contribution in [3.8, 4) is 5.75 Å². The summed E-state index contributed by atoms with van der Waals surface area (Å²) in [7, 11) is 0.